The molecule has 0 unspecified atom stereocenters. The van der Waals surface area contributed by atoms with Gasteiger partial charge in [-0.15, -0.1) is 0 Å². The van der Waals surface area contributed by atoms with E-state index < -0.39 is 0 Å². The van der Waals surface area contributed by atoms with E-state index in [4.69, 9.17) is 5.73 Å². The summed E-state index contributed by atoms with van der Waals surface area (Å²) in [6, 6.07) is 0. The van der Waals surface area contributed by atoms with Crippen LogP contribution in [0.5, 0.6) is 0 Å². The van der Waals surface area contributed by atoms with Crippen LogP contribution in [0.4, 0.5) is 0 Å². The Balaban J connectivity index is 3.76. The van der Waals surface area contributed by atoms with Crippen molar-refractivity contribution in [3.05, 3.63) is 23.9 Å². The molecule has 0 amide bonds. The SMILES string of the molecule is CC/C=C(N)\C=C/CC(=O)OC. The lowest BCUT2D eigenvalue weighted by Gasteiger charge is -1.92. The number of nitrogens with two attached hydrogens (primary N) is 1. The predicted octanol–water partition coefficient (Wildman–Crippen LogP) is 1.36. The molecular weight excluding hydrogens is 154 g/mol. The second-order valence-corrected chi connectivity index (χ2v) is 2.29. The minimum Gasteiger partial charge on any atom is -0.469 e. The van der Waals surface area contributed by atoms with Gasteiger partial charge in [-0.3, -0.25) is 4.79 Å². The number of hydrogen-bond donors (Lipinski definition) is 1. The quantitative estimate of drug-likeness (QED) is 0.510. The van der Waals surface area contributed by atoms with E-state index in [-0.39, 0.29) is 12.4 Å². The summed E-state index contributed by atoms with van der Waals surface area (Å²) >= 11 is 0. The molecule has 12 heavy (non-hydrogen) atoms. The number of carbonyl (C=O) groups is 1. The molecule has 0 fully saturated rings. The highest BCUT2D eigenvalue weighted by atomic mass is 16.5. The molecule has 0 saturated heterocycles. The van der Waals surface area contributed by atoms with E-state index in [0.717, 1.165) is 6.42 Å². The lowest BCUT2D eigenvalue weighted by Crippen LogP contribution is -1.98. The third-order valence-corrected chi connectivity index (χ3v) is 1.26. The van der Waals surface area contributed by atoms with Gasteiger partial charge in [-0.25, -0.2) is 0 Å². The monoisotopic (exact) mass is 169 g/mol. The summed E-state index contributed by atoms with van der Waals surface area (Å²) in [6.07, 6.45) is 6.45. The molecule has 0 aliphatic rings. The third kappa shape index (κ3) is 5.53. The number of rotatable bonds is 4. The van der Waals surface area contributed by atoms with Gasteiger partial charge in [-0.05, 0) is 12.5 Å². The van der Waals surface area contributed by atoms with Crippen LogP contribution < -0.4 is 5.73 Å². The Kier molecular flexibility index (Phi) is 5.79. The standard InChI is InChI=1S/C9H15NO2/c1-3-5-8(10)6-4-7-9(11)12-2/h4-6H,3,7,10H2,1-2H3/b6-4-,8-5+. The average molecular weight is 169 g/mol. The van der Waals surface area contributed by atoms with Crippen LogP contribution in [0.15, 0.2) is 23.9 Å². The molecular formula is C9H15NO2. The smallest absolute Gasteiger partial charge is 0.309 e. The van der Waals surface area contributed by atoms with Crippen molar-refractivity contribution < 1.29 is 9.53 Å². The van der Waals surface area contributed by atoms with Crippen molar-refractivity contribution in [2.45, 2.75) is 19.8 Å². The second-order valence-electron chi connectivity index (χ2n) is 2.29. The van der Waals surface area contributed by atoms with Gasteiger partial charge in [0.25, 0.3) is 0 Å². The number of methoxy groups -OCH3 is 1. The molecule has 0 rings (SSSR count). The lowest BCUT2D eigenvalue weighted by atomic mass is 10.3. The molecule has 0 aromatic carbocycles. The van der Waals surface area contributed by atoms with E-state index in [1.807, 2.05) is 13.0 Å². The van der Waals surface area contributed by atoms with Crippen LogP contribution in [-0.4, -0.2) is 13.1 Å². The van der Waals surface area contributed by atoms with E-state index in [0.29, 0.717) is 5.70 Å². The van der Waals surface area contributed by atoms with Crippen LogP contribution in [0.2, 0.25) is 0 Å². The summed E-state index contributed by atoms with van der Waals surface area (Å²) < 4.78 is 4.44. The Morgan fingerprint density at radius 2 is 2.25 bits per heavy atom. The lowest BCUT2D eigenvalue weighted by molar-refractivity contribution is -0.139. The molecule has 3 heteroatoms. The second kappa shape index (κ2) is 6.46. The Morgan fingerprint density at radius 1 is 1.58 bits per heavy atom. The Morgan fingerprint density at radius 3 is 2.75 bits per heavy atom. The first-order valence-corrected chi connectivity index (χ1v) is 3.89. The van der Waals surface area contributed by atoms with Crippen LogP contribution >= 0.6 is 0 Å². The van der Waals surface area contributed by atoms with E-state index in [9.17, 15) is 4.79 Å². The minimum atomic E-state index is -0.254. The molecule has 0 aliphatic heterocycles. The van der Waals surface area contributed by atoms with Gasteiger partial charge >= 0.3 is 5.97 Å². The van der Waals surface area contributed by atoms with E-state index in [2.05, 4.69) is 4.74 Å². The van der Waals surface area contributed by atoms with Gasteiger partial charge in [-0.2, -0.15) is 0 Å². The van der Waals surface area contributed by atoms with Gasteiger partial charge < -0.3 is 10.5 Å². The Hall–Kier alpha value is -1.25. The van der Waals surface area contributed by atoms with Crippen molar-refractivity contribution in [1.82, 2.24) is 0 Å². The van der Waals surface area contributed by atoms with Gasteiger partial charge in [-0.1, -0.05) is 19.1 Å². The van der Waals surface area contributed by atoms with E-state index >= 15 is 0 Å². The summed E-state index contributed by atoms with van der Waals surface area (Å²) in [6.45, 7) is 2.00. The van der Waals surface area contributed by atoms with Crippen molar-refractivity contribution in [3.63, 3.8) is 0 Å². The molecule has 0 aromatic heterocycles. The van der Waals surface area contributed by atoms with Crippen molar-refractivity contribution in [3.8, 4) is 0 Å². The Labute approximate surface area is 72.9 Å². The molecule has 0 bridgehead atoms. The summed E-state index contributed by atoms with van der Waals surface area (Å²) in [5, 5.41) is 0. The van der Waals surface area contributed by atoms with Crippen molar-refractivity contribution >= 4 is 5.97 Å². The normalized spacial score (nSPS) is 12.0. The van der Waals surface area contributed by atoms with Crippen LogP contribution in [-0.2, 0) is 9.53 Å². The average Bonchev–Trinajstić information content (AvgIpc) is 2.04. The van der Waals surface area contributed by atoms with Crippen LogP contribution in [0.3, 0.4) is 0 Å². The predicted molar refractivity (Wildman–Crippen MR) is 48.3 cm³/mol. The zero-order valence-corrected chi connectivity index (χ0v) is 7.54. The highest BCUT2D eigenvalue weighted by molar-refractivity contribution is 5.70. The first-order chi connectivity index (χ1) is 5.70. The minimum absolute atomic E-state index is 0.254. The fourth-order valence-electron chi connectivity index (χ4n) is 0.678. The van der Waals surface area contributed by atoms with Crippen LogP contribution in [0, 0.1) is 0 Å². The van der Waals surface area contributed by atoms with Gasteiger partial charge in [0, 0.05) is 5.70 Å². The summed E-state index contributed by atoms with van der Waals surface area (Å²) in [7, 11) is 1.36. The number of esters is 1. The zero-order chi connectivity index (χ0) is 9.40. The Bertz CT molecular complexity index is 195. The number of hydrogen-bond acceptors (Lipinski definition) is 3. The van der Waals surface area contributed by atoms with Gasteiger partial charge in [0.2, 0.25) is 0 Å². The summed E-state index contributed by atoms with van der Waals surface area (Å²) in [4.78, 5) is 10.6. The van der Waals surface area contributed by atoms with Gasteiger partial charge in [0.05, 0.1) is 13.5 Å². The van der Waals surface area contributed by atoms with E-state index in [1.54, 1.807) is 12.2 Å². The molecule has 0 heterocycles. The molecule has 0 aromatic rings. The number of allylic oxidation sites excluding steroid dienone is 2. The van der Waals surface area contributed by atoms with Crippen LogP contribution in [0.1, 0.15) is 19.8 Å². The van der Waals surface area contributed by atoms with Gasteiger partial charge in [0.1, 0.15) is 0 Å². The van der Waals surface area contributed by atoms with Crippen LogP contribution in [0.25, 0.3) is 0 Å². The molecule has 2 N–H and O–H groups in total. The fraction of sp³-hybridized carbons (Fsp3) is 0.444. The fourth-order valence-corrected chi connectivity index (χ4v) is 0.678. The first-order valence-electron chi connectivity index (χ1n) is 3.89. The molecule has 68 valence electrons. The van der Waals surface area contributed by atoms with Crippen molar-refractivity contribution in [2.24, 2.45) is 5.73 Å². The highest BCUT2D eigenvalue weighted by Crippen LogP contribution is 1.93. The van der Waals surface area contributed by atoms with Gasteiger partial charge in [0.15, 0.2) is 0 Å². The molecule has 0 atom stereocenters. The molecule has 0 radical (unpaired) electrons. The molecule has 3 nitrogen and oxygen atoms in total. The maximum atomic E-state index is 10.6. The summed E-state index contributed by atoms with van der Waals surface area (Å²) in [5.74, 6) is -0.254. The largest absolute Gasteiger partial charge is 0.469 e. The zero-order valence-electron chi connectivity index (χ0n) is 7.54. The molecule has 0 spiro atoms. The maximum absolute atomic E-state index is 10.6. The highest BCUT2D eigenvalue weighted by Gasteiger charge is 1.93. The first kappa shape index (κ1) is 10.8. The maximum Gasteiger partial charge on any atom is 0.309 e. The molecule has 0 saturated carbocycles. The van der Waals surface area contributed by atoms with Crippen molar-refractivity contribution in [2.75, 3.05) is 7.11 Å². The topological polar surface area (TPSA) is 52.3 Å². The molecule has 0 aliphatic carbocycles. The van der Waals surface area contributed by atoms with Crippen molar-refractivity contribution in [1.29, 1.82) is 0 Å². The third-order valence-electron chi connectivity index (χ3n) is 1.26. The summed E-state index contributed by atoms with van der Waals surface area (Å²) in [5.41, 5.74) is 6.22. The number of carbonyl (C=O) groups excluding carboxylic acids is 1. The van der Waals surface area contributed by atoms with E-state index in [1.165, 1.54) is 7.11 Å². The number of ether oxygens (including phenoxy) is 1.